The molecule has 0 spiro atoms. The Kier molecular flexibility index (Phi) is 5.30. The summed E-state index contributed by atoms with van der Waals surface area (Å²) in [6.07, 6.45) is -0.498. The summed E-state index contributed by atoms with van der Waals surface area (Å²) in [5.74, 6) is -0.448. The Hall–Kier alpha value is -1.62. The molecule has 0 bridgehead atoms. The van der Waals surface area contributed by atoms with Gasteiger partial charge in [0.2, 0.25) is 0 Å². The first kappa shape index (κ1) is 15.4. The highest BCUT2D eigenvalue weighted by Crippen LogP contribution is 2.15. The molecule has 0 aliphatic heterocycles. The van der Waals surface area contributed by atoms with E-state index in [0.29, 0.717) is 13.1 Å². The van der Waals surface area contributed by atoms with Gasteiger partial charge in [0.25, 0.3) is 0 Å². The fourth-order valence-corrected chi connectivity index (χ4v) is 1.62. The number of halogens is 1. The minimum absolute atomic E-state index is 0.136. The van der Waals surface area contributed by atoms with Gasteiger partial charge in [-0.25, -0.2) is 9.18 Å². The molecule has 0 aliphatic carbocycles. The molecule has 0 radical (unpaired) electrons. The number of rotatable bonds is 4. The van der Waals surface area contributed by atoms with Gasteiger partial charge in [-0.3, -0.25) is 0 Å². The first-order valence-electron chi connectivity index (χ1n) is 6.24. The smallest absolute Gasteiger partial charge is 0.407 e. The average molecular weight is 268 g/mol. The molecular formula is C14H21FN2O2. The Bertz CT molecular complexity index is 430. The Morgan fingerprint density at radius 1 is 1.47 bits per heavy atom. The van der Waals surface area contributed by atoms with Crippen molar-refractivity contribution < 1.29 is 13.9 Å². The molecule has 0 aliphatic rings. The molecule has 0 aromatic heterocycles. The molecule has 1 aromatic rings. The quantitative estimate of drug-likeness (QED) is 0.881. The van der Waals surface area contributed by atoms with Crippen molar-refractivity contribution in [3.8, 4) is 0 Å². The van der Waals surface area contributed by atoms with E-state index in [1.807, 2.05) is 0 Å². The third kappa shape index (κ3) is 5.70. The number of nitrogens with two attached hydrogens (primary N) is 1. The number of ether oxygens (including phenoxy) is 1. The number of hydrogen-bond donors (Lipinski definition) is 2. The van der Waals surface area contributed by atoms with Gasteiger partial charge in [-0.05, 0) is 38.5 Å². The van der Waals surface area contributed by atoms with E-state index in [2.05, 4.69) is 5.32 Å². The monoisotopic (exact) mass is 268 g/mol. The second-order valence-corrected chi connectivity index (χ2v) is 5.37. The molecule has 1 atom stereocenters. The van der Waals surface area contributed by atoms with E-state index < -0.39 is 11.7 Å². The van der Waals surface area contributed by atoms with Gasteiger partial charge < -0.3 is 15.8 Å². The van der Waals surface area contributed by atoms with Gasteiger partial charge in [0.15, 0.2) is 0 Å². The molecule has 0 heterocycles. The highest BCUT2D eigenvalue weighted by atomic mass is 19.1. The van der Waals surface area contributed by atoms with E-state index in [1.54, 1.807) is 32.9 Å². The summed E-state index contributed by atoms with van der Waals surface area (Å²) in [6.45, 7) is 6.01. The van der Waals surface area contributed by atoms with E-state index in [0.717, 1.165) is 5.56 Å². The Morgan fingerprint density at radius 3 is 2.68 bits per heavy atom. The van der Waals surface area contributed by atoms with Crippen molar-refractivity contribution in [1.82, 2.24) is 5.32 Å². The zero-order valence-corrected chi connectivity index (χ0v) is 11.6. The first-order valence-corrected chi connectivity index (χ1v) is 6.24. The van der Waals surface area contributed by atoms with E-state index >= 15 is 0 Å². The van der Waals surface area contributed by atoms with Crippen LogP contribution in [0.4, 0.5) is 9.18 Å². The zero-order valence-electron chi connectivity index (χ0n) is 11.6. The van der Waals surface area contributed by atoms with Gasteiger partial charge in [0.05, 0.1) is 0 Å². The van der Waals surface area contributed by atoms with Crippen molar-refractivity contribution in [3.63, 3.8) is 0 Å². The number of carbonyl (C=O) groups is 1. The summed E-state index contributed by atoms with van der Waals surface area (Å²) in [5.41, 5.74) is 5.88. The molecule has 1 rings (SSSR count). The minimum Gasteiger partial charge on any atom is -0.444 e. The third-order valence-electron chi connectivity index (χ3n) is 2.50. The second-order valence-electron chi connectivity index (χ2n) is 5.37. The molecule has 1 amide bonds. The molecule has 3 N–H and O–H groups in total. The Balaban J connectivity index is 2.56. The molecule has 0 saturated carbocycles. The maximum Gasteiger partial charge on any atom is 0.407 e. The molecule has 1 aromatic carbocycles. The molecular weight excluding hydrogens is 247 g/mol. The summed E-state index contributed by atoms with van der Waals surface area (Å²) >= 11 is 0. The number of nitrogens with one attached hydrogen (secondary N) is 1. The largest absolute Gasteiger partial charge is 0.444 e. The highest BCUT2D eigenvalue weighted by molar-refractivity contribution is 5.67. The number of benzene rings is 1. The van der Waals surface area contributed by atoms with Crippen LogP contribution in [-0.2, 0) is 4.74 Å². The molecule has 4 nitrogen and oxygen atoms in total. The maximum atomic E-state index is 13.1. The summed E-state index contributed by atoms with van der Waals surface area (Å²) in [4.78, 5) is 11.5. The van der Waals surface area contributed by atoms with Crippen molar-refractivity contribution in [3.05, 3.63) is 35.6 Å². The lowest BCUT2D eigenvalue weighted by atomic mass is 9.99. The van der Waals surface area contributed by atoms with Crippen LogP contribution < -0.4 is 11.1 Å². The van der Waals surface area contributed by atoms with Crippen molar-refractivity contribution in [2.75, 3.05) is 13.1 Å². The molecule has 0 saturated heterocycles. The Morgan fingerprint density at radius 2 is 2.16 bits per heavy atom. The van der Waals surface area contributed by atoms with Crippen LogP contribution in [0.15, 0.2) is 24.3 Å². The van der Waals surface area contributed by atoms with Crippen LogP contribution in [0.1, 0.15) is 32.3 Å². The fraction of sp³-hybridized carbons (Fsp3) is 0.500. The predicted octanol–water partition coefficient (Wildman–Crippen LogP) is 2.39. The summed E-state index contributed by atoms with van der Waals surface area (Å²) in [5, 5.41) is 2.64. The second kappa shape index (κ2) is 6.52. The van der Waals surface area contributed by atoms with Crippen LogP contribution in [0.2, 0.25) is 0 Å². The zero-order chi connectivity index (χ0) is 14.5. The lowest BCUT2D eigenvalue weighted by Gasteiger charge is -2.21. The Labute approximate surface area is 113 Å². The van der Waals surface area contributed by atoms with E-state index in [9.17, 15) is 9.18 Å². The van der Waals surface area contributed by atoms with Crippen LogP contribution >= 0.6 is 0 Å². The predicted molar refractivity (Wildman–Crippen MR) is 72.4 cm³/mol. The van der Waals surface area contributed by atoms with Crippen LogP contribution in [0.3, 0.4) is 0 Å². The summed E-state index contributed by atoms with van der Waals surface area (Å²) in [6, 6.07) is 6.21. The molecule has 19 heavy (non-hydrogen) atoms. The summed E-state index contributed by atoms with van der Waals surface area (Å²) < 4.78 is 18.3. The third-order valence-corrected chi connectivity index (χ3v) is 2.50. The summed E-state index contributed by atoms with van der Waals surface area (Å²) in [7, 11) is 0. The standard InChI is InChI=1S/C14H21FN2O2/c1-14(2,3)19-13(18)17-9-11(8-16)10-5-4-6-12(15)7-10/h4-7,11H,8-9,16H2,1-3H3,(H,17,18). The topological polar surface area (TPSA) is 64.3 Å². The number of carbonyl (C=O) groups excluding carboxylic acids is 1. The SMILES string of the molecule is CC(C)(C)OC(=O)NCC(CN)c1cccc(F)c1. The van der Waals surface area contributed by atoms with E-state index in [4.69, 9.17) is 10.5 Å². The molecule has 0 fully saturated rings. The van der Waals surface area contributed by atoms with Crippen LogP contribution in [0, 0.1) is 5.82 Å². The van der Waals surface area contributed by atoms with E-state index in [1.165, 1.54) is 12.1 Å². The van der Waals surface area contributed by atoms with Gasteiger partial charge in [-0.2, -0.15) is 0 Å². The maximum absolute atomic E-state index is 13.1. The normalized spacial score (nSPS) is 12.9. The average Bonchev–Trinajstić information content (AvgIpc) is 2.27. The van der Waals surface area contributed by atoms with Gasteiger partial charge in [-0.1, -0.05) is 12.1 Å². The molecule has 5 heteroatoms. The lowest BCUT2D eigenvalue weighted by molar-refractivity contribution is 0.0525. The van der Waals surface area contributed by atoms with Gasteiger partial charge in [-0.15, -0.1) is 0 Å². The van der Waals surface area contributed by atoms with E-state index in [-0.39, 0.29) is 11.7 Å². The van der Waals surface area contributed by atoms with Crippen molar-refractivity contribution in [1.29, 1.82) is 0 Å². The van der Waals surface area contributed by atoms with Crippen LogP contribution in [0.5, 0.6) is 0 Å². The van der Waals surface area contributed by atoms with Crippen LogP contribution in [-0.4, -0.2) is 24.8 Å². The van der Waals surface area contributed by atoms with Crippen molar-refractivity contribution in [2.45, 2.75) is 32.3 Å². The molecule has 1 unspecified atom stereocenters. The molecule has 106 valence electrons. The minimum atomic E-state index is -0.541. The van der Waals surface area contributed by atoms with Crippen molar-refractivity contribution >= 4 is 6.09 Å². The number of alkyl carbamates (subject to hydrolysis) is 1. The highest BCUT2D eigenvalue weighted by Gasteiger charge is 2.17. The van der Waals surface area contributed by atoms with Gasteiger partial charge >= 0.3 is 6.09 Å². The number of amides is 1. The lowest BCUT2D eigenvalue weighted by Crippen LogP contribution is -2.36. The van der Waals surface area contributed by atoms with Crippen LogP contribution in [0.25, 0.3) is 0 Å². The number of hydrogen-bond acceptors (Lipinski definition) is 3. The van der Waals surface area contributed by atoms with Crippen molar-refractivity contribution in [2.24, 2.45) is 5.73 Å². The van der Waals surface area contributed by atoms with Gasteiger partial charge in [0, 0.05) is 19.0 Å². The fourth-order valence-electron chi connectivity index (χ4n) is 1.62. The first-order chi connectivity index (χ1) is 8.81. The van der Waals surface area contributed by atoms with Gasteiger partial charge in [0.1, 0.15) is 11.4 Å².